The Morgan fingerprint density at radius 2 is 2.06 bits per heavy atom. The third-order valence-corrected chi connectivity index (χ3v) is 2.56. The Balaban J connectivity index is 2.99. The van der Waals surface area contributed by atoms with Gasteiger partial charge in [-0.3, -0.25) is 0 Å². The Morgan fingerprint density at radius 1 is 1.35 bits per heavy atom. The van der Waals surface area contributed by atoms with Crippen LogP contribution in [0, 0.1) is 0 Å². The second-order valence-electron chi connectivity index (χ2n) is 3.95. The van der Waals surface area contributed by atoms with Crippen LogP contribution in [-0.2, 0) is 6.54 Å². The lowest BCUT2D eigenvalue weighted by Gasteiger charge is -2.21. The van der Waals surface area contributed by atoms with E-state index in [1.807, 2.05) is 32.0 Å². The Labute approximate surface area is 102 Å². The third-order valence-electron chi connectivity index (χ3n) is 2.56. The third kappa shape index (κ3) is 3.61. The van der Waals surface area contributed by atoms with E-state index in [0.29, 0.717) is 24.7 Å². The topological polar surface area (TPSA) is 64.7 Å². The van der Waals surface area contributed by atoms with E-state index < -0.39 is 6.10 Å². The van der Waals surface area contributed by atoms with Crippen LogP contribution in [0.4, 0.5) is 0 Å². The van der Waals surface area contributed by atoms with E-state index >= 15 is 0 Å². The van der Waals surface area contributed by atoms with Crippen LogP contribution in [0.2, 0.25) is 0 Å². The van der Waals surface area contributed by atoms with Gasteiger partial charge in [0.2, 0.25) is 0 Å². The number of para-hydroxylation sites is 1. The zero-order valence-electron chi connectivity index (χ0n) is 10.6. The van der Waals surface area contributed by atoms with Gasteiger partial charge in [-0.25, -0.2) is 0 Å². The predicted octanol–water partition coefficient (Wildman–Crippen LogP) is 1.69. The predicted molar refractivity (Wildman–Crippen MR) is 67.3 cm³/mol. The molecule has 0 bridgehead atoms. The van der Waals surface area contributed by atoms with Crippen LogP contribution < -0.4 is 15.2 Å². The molecule has 0 aromatic heterocycles. The lowest BCUT2D eigenvalue weighted by Crippen LogP contribution is -2.26. The average molecular weight is 239 g/mol. The second-order valence-corrected chi connectivity index (χ2v) is 3.95. The van der Waals surface area contributed by atoms with Crippen LogP contribution in [0.1, 0.15) is 26.3 Å². The Bertz CT molecular complexity index is 353. The van der Waals surface area contributed by atoms with Crippen LogP contribution in [0.3, 0.4) is 0 Å². The molecule has 0 radical (unpaired) electrons. The van der Waals surface area contributed by atoms with Gasteiger partial charge in [-0.15, -0.1) is 0 Å². The van der Waals surface area contributed by atoms with Gasteiger partial charge in [0, 0.05) is 12.1 Å². The minimum absolute atomic E-state index is 0.304. The Hall–Kier alpha value is -1.26. The molecule has 3 N–H and O–H groups in total. The fraction of sp³-hybridized carbons (Fsp3) is 0.538. The molecule has 4 nitrogen and oxygen atoms in total. The summed E-state index contributed by atoms with van der Waals surface area (Å²) in [5.41, 5.74) is 6.55. The summed E-state index contributed by atoms with van der Waals surface area (Å²) in [7, 11) is 0. The van der Waals surface area contributed by atoms with Crippen molar-refractivity contribution in [3.8, 4) is 11.5 Å². The van der Waals surface area contributed by atoms with Crippen LogP contribution in [0.15, 0.2) is 18.2 Å². The molecule has 2 unspecified atom stereocenters. The van der Waals surface area contributed by atoms with Gasteiger partial charge in [0.05, 0.1) is 12.7 Å². The number of hydrogen-bond acceptors (Lipinski definition) is 4. The largest absolute Gasteiger partial charge is 0.490 e. The smallest absolute Gasteiger partial charge is 0.166 e. The summed E-state index contributed by atoms with van der Waals surface area (Å²) in [6.07, 6.45) is -0.850. The van der Waals surface area contributed by atoms with Gasteiger partial charge < -0.3 is 20.3 Å². The molecule has 0 amide bonds. The molecule has 0 saturated carbocycles. The first-order chi connectivity index (χ1) is 8.10. The number of rotatable bonds is 6. The van der Waals surface area contributed by atoms with Crippen molar-refractivity contribution < 1.29 is 14.6 Å². The van der Waals surface area contributed by atoms with Crippen LogP contribution in [-0.4, -0.2) is 23.9 Å². The lowest BCUT2D eigenvalue weighted by atomic mass is 10.1. The number of hydrogen-bond donors (Lipinski definition) is 2. The monoisotopic (exact) mass is 239 g/mol. The highest BCUT2D eigenvalue weighted by Crippen LogP contribution is 2.32. The van der Waals surface area contributed by atoms with Crippen molar-refractivity contribution in [2.75, 3.05) is 6.61 Å². The van der Waals surface area contributed by atoms with Crippen LogP contribution in [0.25, 0.3) is 0 Å². The average Bonchev–Trinajstić information content (AvgIpc) is 2.31. The summed E-state index contributed by atoms with van der Waals surface area (Å²) >= 11 is 0. The highest BCUT2D eigenvalue weighted by molar-refractivity contribution is 5.46. The first-order valence-electron chi connectivity index (χ1n) is 5.89. The quantitative estimate of drug-likeness (QED) is 0.793. The maximum atomic E-state index is 9.47. The molecule has 0 aliphatic heterocycles. The van der Waals surface area contributed by atoms with Crippen molar-refractivity contribution in [3.05, 3.63) is 23.8 Å². The van der Waals surface area contributed by atoms with Crippen molar-refractivity contribution >= 4 is 0 Å². The van der Waals surface area contributed by atoms with E-state index in [0.717, 1.165) is 5.56 Å². The van der Waals surface area contributed by atoms with Crippen molar-refractivity contribution in [2.24, 2.45) is 5.73 Å². The number of benzene rings is 1. The first kappa shape index (κ1) is 13.8. The van der Waals surface area contributed by atoms with Gasteiger partial charge in [0.1, 0.15) is 6.10 Å². The molecule has 0 heterocycles. The van der Waals surface area contributed by atoms with Gasteiger partial charge in [0.15, 0.2) is 11.5 Å². The molecule has 17 heavy (non-hydrogen) atoms. The van der Waals surface area contributed by atoms with Gasteiger partial charge in [-0.1, -0.05) is 12.1 Å². The Kier molecular flexibility index (Phi) is 5.25. The zero-order chi connectivity index (χ0) is 12.8. The highest BCUT2D eigenvalue weighted by atomic mass is 16.5. The summed E-state index contributed by atoms with van der Waals surface area (Å²) in [5, 5.41) is 9.47. The summed E-state index contributed by atoms with van der Waals surface area (Å²) in [4.78, 5) is 0. The molecule has 2 atom stereocenters. The maximum absolute atomic E-state index is 9.47. The van der Waals surface area contributed by atoms with Crippen LogP contribution >= 0.6 is 0 Å². The summed E-state index contributed by atoms with van der Waals surface area (Å²) in [6.45, 7) is 6.36. The van der Waals surface area contributed by atoms with E-state index in [1.54, 1.807) is 6.92 Å². The Morgan fingerprint density at radius 3 is 2.59 bits per heavy atom. The normalized spacial score (nSPS) is 14.2. The zero-order valence-corrected chi connectivity index (χ0v) is 10.6. The van der Waals surface area contributed by atoms with Gasteiger partial charge in [-0.2, -0.15) is 0 Å². The van der Waals surface area contributed by atoms with Crippen molar-refractivity contribution in [3.63, 3.8) is 0 Å². The molecule has 0 fully saturated rings. The molecule has 0 aliphatic carbocycles. The molecule has 1 aromatic carbocycles. The minimum Gasteiger partial charge on any atom is -0.490 e. The number of aliphatic hydroxyl groups is 1. The molecule has 4 heteroatoms. The standard InChI is InChI=1S/C13H21NO3/c1-4-16-12-7-5-6-11(8-14)13(12)17-10(3)9(2)15/h5-7,9-10,15H,4,8,14H2,1-3H3. The van der Waals surface area contributed by atoms with E-state index in [2.05, 4.69) is 0 Å². The van der Waals surface area contributed by atoms with E-state index in [1.165, 1.54) is 0 Å². The number of aliphatic hydroxyl groups excluding tert-OH is 1. The van der Waals surface area contributed by atoms with Gasteiger partial charge in [0.25, 0.3) is 0 Å². The summed E-state index contributed by atoms with van der Waals surface area (Å²) in [5.74, 6) is 1.30. The van der Waals surface area contributed by atoms with Crippen molar-refractivity contribution in [2.45, 2.75) is 39.5 Å². The second kappa shape index (κ2) is 6.47. The highest BCUT2D eigenvalue weighted by Gasteiger charge is 2.16. The molecular formula is C13H21NO3. The minimum atomic E-state index is -0.546. The van der Waals surface area contributed by atoms with Crippen LogP contribution in [0.5, 0.6) is 11.5 Å². The molecule has 96 valence electrons. The van der Waals surface area contributed by atoms with Crippen molar-refractivity contribution in [1.29, 1.82) is 0 Å². The molecule has 0 aliphatic rings. The van der Waals surface area contributed by atoms with E-state index in [-0.39, 0.29) is 6.10 Å². The van der Waals surface area contributed by atoms with Gasteiger partial charge >= 0.3 is 0 Å². The molecule has 1 aromatic rings. The van der Waals surface area contributed by atoms with Gasteiger partial charge in [-0.05, 0) is 26.8 Å². The molecule has 0 spiro atoms. The van der Waals surface area contributed by atoms with Crippen molar-refractivity contribution in [1.82, 2.24) is 0 Å². The van der Waals surface area contributed by atoms with E-state index in [4.69, 9.17) is 15.2 Å². The summed E-state index contributed by atoms with van der Waals surface area (Å²) < 4.78 is 11.2. The SMILES string of the molecule is CCOc1cccc(CN)c1OC(C)C(C)O. The first-order valence-corrected chi connectivity index (χ1v) is 5.89. The number of nitrogens with two attached hydrogens (primary N) is 1. The van der Waals surface area contributed by atoms with E-state index in [9.17, 15) is 5.11 Å². The molecule has 0 saturated heterocycles. The molecule has 1 rings (SSSR count). The fourth-order valence-corrected chi connectivity index (χ4v) is 1.41. The summed E-state index contributed by atoms with van der Waals surface area (Å²) in [6, 6.07) is 5.62. The molecular weight excluding hydrogens is 218 g/mol. The maximum Gasteiger partial charge on any atom is 0.166 e. The lowest BCUT2D eigenvalue weighted by molar-refractivity contribution is 0.0576. The fourth-order valence-electron chi connectivity index (χ4n) is 1.41. The number of ether oxygens (including phenoxy) is 2.